The Balaban J connectivity index is 0.00000324. The van der Waals surface area contributed by atoms with Crippen LogP contribution in [0, 0.1) is 0 Å². The van der Waals surface area contributed by atoms with Gasteiger partial charge >= 0.3 is 5.97 Å². The number of aliphatic carboxylic acids is 1. The molecule has 1 aliphatic carbocycles. The number of ether oxygens (including phenoxy) is 2. The van der Waals surface area contributed by atoms with Crippen molar-refractivity contribution in [2.45, 2.75) is 38.0 Å². The van der Waals surface area contributed by atoms with Gasteiger partial charge in [-0.25, -0.2) is 0 Å². The Labute approximate surface area is 206 Å². The molecule has 2 N–H and O–H groups in total. The largest absolute Gasteiger partial charge is 0.493 e. The summed E-state index contributed by atoms with van der Waals surface area (Å²) in [6.07, 6.45) is 3.16. The maximum Gasteiger partial charge on any atom is 0.307 e. The van der Waals surface area contributed by atoms with Crippen LogP contribution in [0.25, 0.3) is 0 Å². The fourth-order valence-electron chi connectivity index (χ4n) is 4.85. The van der Waals surface area contributed by atoms with Crippen LogP contribution in [-0.2, 0) is 35.3 Å². The second-order valence-corrected chi connectivity index (χ2v) is 8.82. The molecule has 184 valence electrons. The van der Waals surface area contributed by atoms with Crippen molar-refractivity contribution in [1.82, 2.24) is 10.2 Å². The molecule has 7 nitrogen and oxygen atoms in total. The van der Waals surface area contributed by atoms with E-state index in [-0.39, 0.29) is 24.7 Å². The molecular formula is C26H33ClN2O5. The van der Waals surface area contributed by atoms with E-state index in [9.17, 15) is 9.59 Å². The van der Waals surface area contributed by atoms with Crippen molar-refractivity contribution < 1.29 is 24.2 Å². The summed E-state index contributed by atoms with van der Waals surface area (Å²) in [5, 5.41) is 12.4. The number of fused-ring (bicyclic) bond motifs is 2. The second-order valence-electron chi connectivity index (χ2n) is 8.82. The molecule has 1 atom stereocenters. The average molecular weight is 489 g/mol. The third kappa shape index (κ3) is 5.83. The zero-order chi connectivity index (χ0) is 23.4. The number of nitrogens with one attached hydrogen (secondary N) is 1. The lowest BCUT2D eigenvalue weighted by Gasteiger charge is -2.31. The van der Waals surface area contributed by atoms with Gasteiger partial charge in [-0.3, -0.25) is 9.59 Å². The van der Waals surface area contributed by atoms with Gasteiger partial charge in [0.2, 0.25) is 5.91 Å². The highest BCUT2D eigenvalue weighted by molar-refractivity contribution is 5.85. The van der Waals surface area contributed by atoms with Crippen molar-refractivity contribution in [3.63, 3.8) is 0 Å². The Morgan fingerprint density at radius 1 is 1.03 bits per heavy atom. The van der Waals surface area contributed by atoms with Crippen LogP contribution in [0.2, 0.25) is 0 Å². The maximum absolute atomic E-state index is 12.8. The van der Waals surface area contributed by atoms with E-state index in [1.807, 2.05) is 35.2 Å². The van der Waals surface area contributed by atoms with Gasteiger partial charge in [-0.1, -0.05) is 18.2 Å². The van der Waals surface area contributed by atoms with Gasteiger partial charge in [0.25, 0.3) is 0 Å². The zero-order valence-corrected chi connectivity index (χ0v) is 20.6. The van der Waals surface area contributed by atoms with Crippen LogP contribution in [0.3, 0.4) is 0 Å². The first-order valence-corrected chi connectivity index (χ1v) is 11.5. The van der Waals surface area contributed by atoms with E-state index in [0.29, 0.717) is 32.0 Å². The quantitative estimate of drug-likeness (QED) is 0.527. The summed E-state index contributed by atoms with van der Waals surface area (Å²) in [5.41, 5.74) is 5.81. The van der Waals surface area contributed by atoms with E-state index >= 15 is 0 Å². The minimum atomic E-state index is -0.808. The molecule has 1 heterocycles. The summed E-state index contributed by atoms with van der Waals surface area (Å²) in [4.78, 5) is 25.7. The molecular weight excluding hydrogens is 456 g/mol. The molecule has 1 amide bonds. The summed E-state index contributed by atoms with van der Waals surface area (Å²) in [5.74, 6) is 1.21. The molecule has 2 aromatic rings. The Morgan fingerprint density at radius 3 is 2.26 bits per heavy atom. The van der Waals surface area contributed by atoms with Gasteiger partial charge in [-0.05, 0) is 59.2 Å². The van der Waals surface area contributed by atoms with Crippen molar-refractivity contribution in [2.75, 3.05) is 40.4 Å². The molecule has 0 fully saturated rings. The highest BCUT2D eigenvalue weighted by atomic mass is 35.5. The molecule has 0 bridgehead atoms. The van der Waals surface area contributed by atoms with Crippen LogP contribution in [0.15, 0.2) is 30.3 Å². The highest BCUT2D eigenvalue weighted by Gasteiger charge is 2.26. The first kappa shape index (κ1) is 25.8. The van der Waals surface area contributed by atoms with Crippen molar-refractivity contribution >= 4 is 24.3 Å². The molecule has 2 aliphatic rings. The average Bonchev–Trinajstić information content (AvgIpc) is 3.00. The Morgan fingerprint density at radius 2 is 1.68 bits per heavy atom. The summed E-state index contributed by atoms with van der Waals surface area (Å²) in [6, 6.07) is 10.0. The van der Waals surface area contributed by atoms with Crippen LogP contribution in [0.5, 0.6) is 11.5 Å². The Kier molecular flexibility index (Phi) is 8.80. The van der Waals surface area contributed by atoms with E-state index in [1.54, 1.807) is 14.2 Å². The van der Waals surface area contributed by atoms with Gasteiger partial charge in [-0.2, -0.15) is 0 Å². The van der Waals surface area contributed by atoms with Gasteiger partial charge in [0.1, 0.15) is 0 Å². The number of carboxylic acids is 1. The normalized spacial score (nSPS) is 16.3. The van der Waals surface area contributed by atoms with Crippen LogP contribution >= 0.6 is 12.4 Å². The second kappa shape index (κ2) is 11.6. The standard InChI is InChI=1S/C26H32N2O5.ClH/c1-32-23-14-18-6-9-28(10-7-19(18)15-24(23)33-2)25(29)5-8-27-16-21-13-20-4-3-17(11-22(20)21)12-26(30)31;/h3-4,11,14-15,21,27H,5-10,12-13,16H2,1-2H3,(H,30,31);1H. The number of nitrogens with zero attached hydrogens (tertiary/aromatic N) is 1. The number of carbonyl (C=O) groups is 2. The fourth-order valence-corrected chi connectivity index (χ4v) is 4.85. The molecule has 0 saturated carbocycles. The maximum atomic E-state index is 12.8. The van der Waals surface area contributed by atoms with E-state index in [2.05, 4.69) is 5.32 Å². The molecule has 0 saturated heterocycles. The summed E-state index contributed by atoms with van der Waals surface area (Å²) in [7, 11) is 3.28. The molecule has 2 aromatic carbocycles. The zero-order valence-electron chi connectivity index (χ0n) is 19.8. The van der Waals surface area contributed by atoms with E-state index < -0.39 is 5.97 Å². The summed E-state index contributed by atoms with van der Waals surface area (Å²) >= 11 is 0. The minimum absolute atomic E-state index is 0. The summed E-state index contributed by atoms with van der Waals surface area (Å²) in [6.45, 7) is 2.87. The predicted molar refractivity (Wildman–Crippen MR) is 132 cm³/mol. The van der Waals surface area contributed by atoms with Crippen molar-refractivity contribution in [3.05, 3.63) is 58.1 Å². The van der Waals surface area contributed by atoms with Crippen LogP contribution in [-0.4, -0.2) is 62.3 Å². The number of hydrogen-bond donors (Lipinski definition) is 2. The minimum Gasteiger partial charge on any atom is -0.493 e. The number of methoxy groups -OCH3 is 2. The number of carboxylic acid groups (broad SMARTS) is 1. The number of hydrogen-bond acceptors (Lipinski definition) is 5. The van der Waals surface area contributed by atoms with Crippen LogP contribution in [0.1, 0.15) is 40.2 Å². The molecule has 0 radical (unpaired) electrons. The van der Waals surface area contributed by atoms with Crippen molar-refractivity contribution in [3.8, 4) is 11.5 Å². The van der Waals surface area contributed by atoms with Crippen LogP contribution < -0.4 is 14.8 Å². The molecule has 4 rings (SSSR count). The predicted octanol–water partition coefficient (Wildman–Crippen LogP) is 3.00. The highest BCUT2D eigenvalue weighted by Crippen LogP contribution is 2.35. The van der Waals surface area contributed by atoms with E-state index in [0.717, 1.165) is 42.9 Å². The molecule has 8 heteroatoms. The number of amides is 1. The lowest BCUT2D eigenvalue weighted by atomic mass is 9.76. The molecule has 34 heavy (non-hydrogen) atoms. The molecule has 0 spiro atoms. The fraction of sp³-hybridized carbons (Fsp3) is 0.462. The van der Waals surface area contributed by atoms with Crippen LogP contribution in [0.4, 0.5) is 0 Å². The first-order chi connectivity index (χ1) is 16.0. The van der Waals surface area contributed by atoms with Gasteiger partial charge in [0.05, 0.1) is 20.6 Å². The smallest absolute Gasteiger partial charge is 0.307 e. The number of benzene rings is 2. The SMILES string of the molecule is COc1cc2c(cc1OC)CCN(C(=O)CCNCC1Cc3ccc(CC(=O)O)cc31)CC2.Cl. The van der Waals surface area contributed by atoms with E-state index in [1.165, 1.54) is 22.3 Å². The Bertz CT molecular complexity index is 1010. The number of rotatable bonds is 9. The number of halogens is 1. The first-order valence-electron chi connectivity index (χ1n) is 11.5. The van der Waals surface area contributed by atoms with E-state index in [4.69, 9.17) is 14.6 Å². The lowest BCUT2D eigenvalue weighted by molar-refractivity contribution is -0.136. The lowest BCUT2D eigenvalue weighted by Crippen LogP contribution is -2.36. The molecule has 1 aliphatic heterocycles. The van der Waals surface area contributed by atoms with Gasteiger partial charge in [0.15, 0.2) is 11.5 Å². The number of carbonyl (C=O) groups excluding carboxylic acids is 1. The Hall–Kier alpha value is -2.77. The molecule has 0 aromatic heterocycles. The van der Waals surface area contributed by atoms with Gasteiger partial charge in [0, 0.05) is 38.5 Å². The third-order valence-electron chi connectivity index (χ3n) is 6.74. The van der Waals surface area contributed by atoms with Crippen molar-refractivity contribution in [1.29, 1.82) is 0 Å². The topological polar surface area (TPSA) is 88.1 Å². The third-order valence-corrected chi connectivity index (χ3v) is 6.74. The summed E-state index contributed by atoms with van der Waals surface area (Å²) < 4.78 is 10.8. The molecule has 1 unspecified atom stereocenters. The van der Waals surface area contributed by atoms with Gasteiger partial charge in [-0.15, -0.1) is 12.4 Å². The monoisotopic (exact) mass is 488 g/mol. The van der Waals surface area contributed by atoms with Crippen molar-refractivity contribution in [2.24, 2.45) is 0 Å². The van der Waals surface area contributed by atoms with Gasteiger partial charge < -0.3 is 24.8 Å².